The molecule has 35 heavy (non-hydrogen) atoms. The van der Waals surface area contributed by atoms with Crippen LogP contribution in [0.4, 0.5) is 0 Å². The van der Waals surface area contributed by atoms with Crippen molar-refractivity contribution in [3.63, 3.8) is 0 Å². The molecule has 0 atom stereocenters. The molecule has 0 amide bonds. The van der Waals surface area contributed by atoms with Gasteiger partial charge in [0, 0.05) is 5.41 Å². The van der Waals surface area contributed by atoms with E-state index < -0.39 is 0 Å². The predicted octanol–water partition coefficient (Wildman–Crippen LogP) is 9.52. The van der Waals surface area contributed by atoms with Gasteiger partial charge in [-0.1, -0.05) is 95.4 Å². The van der Waals surface area contributed by atoms with Crippen molar-refractivity contribution in [2.45, 2.75) is 115 Å². The van der Waals surface area contributed by atoms with Crippen molar-refractivity contribution < 1.29 is 10.2 Å². The molecular weight excluding hydrogens is 428 g/mol. The zero-order valence-electron chi connectivity index (χ0n) is 22.1. The lowest BCUT2D eigenvalue weighted by molar-refractivity contribution is 0.140. The Balaban J connectivity index is 1.28. The van der Waals surface area contributed by atoms with Gasteiger partial charge in [-0.2, -0.15) is 0 Å². The van der Waals surface area contributed by atoms with Crippen LogP contribution in [0, 0.1) is 17.8 Å². The third-order valence-electron chi connectivity index (χ3n) is 9.50. The summed E-state index contributed by atoms with van der Waals surface area (Å²) in [7, 11) is 0. The summed E-state index contributed by atoms with van der Waals surface area (Å²) >= 11 is 0. The van der Waals surface area contributed by atoms with E-state index in [1.165, 1.54) is 101 Å². The van der Waals surface area contributed by atoms with Crippen LogP contribution in [-0.2, 0) is 5.41 Å². The fraction of sp³-hybridized carbons (Fsp3) is 0.636. The van der Waals surface area contributed by atoms with Crippen LogP contribution < -0.4 is 0 Å². The molecule has 2 aromatic rings. The summed E-state index contributed by atoms with van der Waals surface area (Å²) in [5.74, 6) is 3.42. The van der Waals surface area contributed by atoms with Gasteiger partial charge >= 0.3 is 0 Å². The van der Waals surface area contributed by atoms with E-state index in [2.05, 4.69) is 31.2 Å². The van der Waals surface area contributed by atoms with Gasteiger partial charge < -0.3 is 10.2 Å². The molecule has 192 valence electrons. The normalized spacial score (nSPS) is 22.8. The molecule has 2 fully saturated rings. The predicted molar refractivity (Wildman–Crippen MR) is 147 cm³/mol. The van der Waals surface area contributed by atoms with Gasteiger partial charge in [0.2, 0.25) is 0 Å². The smallest absolute Gasteiger partial charge is 0.115 e. The summed E-state index contributed by atoms with van der Waals surface area (Å²) < 4.78 is 0. The quantitative estimate of drug-likeness (QED) is 0.317. The summed E-state index contributed by atoms with van der Waals surface area (Å²) in [6.45, 7) is 2.30. The molecule has 4 rings (SSSR count). The van der Waals surface area contributed by atoms with Gasteiger partial charge in [-0.15, -0.1) is 0 Å². The third kappa shape index (κ3) is 6.83. The maximum atomic E-state index is 9.86. The minimum atomic E-state index is -0.00771. The molecule has 2 aliphatic carbocycles. The van der Waals surface area contributed by atoms with Gasteiger partial charge in [0.25, 0.3) is 0 Å². The largest absolute Gasteiger partial charge is 0.508 e. The molecular formula is C33H48O2. The van der Waals surface area contributed by atoms with Crippen molar-refractivity contribution in [1.82, 2.24) is 0 Å². The Kier molecular flexibility index (Phi) is 9.58. The van der Waals surface area contributed by atoms with E-state index >= 15 is 0 Å². The van der Waals surface area contributed by atoms with Crippen LogP contribution in [0.1, 0.15) is 121 Å². The average Bonchev–Trinajstić information content (AvgIpc) is 2.89. The number of unbranched alkanes of at least 4 members (excludes halogenated alkanes) is 6. The molecule has 2 aromatic carbocycles. The third-order valence-corrected chi connectivity index (χ3v) is 9.50. The summed E-state index contributed by atoms with van der Waals surface area (Å²) in [6, 6.07) is 15.8. The van der Waals surface area contributed by atoms with Gasteiger partial charge in [0.1, 0.15) is 11.5 Å². The fourth-order valence-corrected chi connectivity index (χ4v) is 7.25. The Hall–Kier alpha value is -1.96. The van der Waals surface area contributed by atoms with Gasteiger partial charge in [-0.25, -0.2) is 0 Å². The van der Waals surface area contributed by atoms with Crippen LogP contribution in [-0.4, -0.2) is 10.2 Å². The number of rotatable bonds is 11. The van der Waals surface area contributed by atoms with E-state index in [1.807, 2.05) is 24.3 Å². The summed E-state index contributed by atoms with van der Waals surface area (Å²) in [6.07, 6.45) is 22.1. The minimum absolute atomic E-state index is 0.00771. The maximum absolute atomic E-state index is 9.86. The van der Waals surface area contributed by atoms with Crippen molar-refractivity contribution >= 4 is 0 Å². The summed E-state index contributed by atoms with van der Waals surface area (Å²) in [4.78, 5) is 0. The zero-order valence-corrected chi connectivity index (χ0v) is 22.1. The SMILES string of the molecule is CCCCCCCCC[C@H]1CC[C@H](C2CCC(c3ccc(O)cc3)(c3ccc(O)cc3)CC2)CC1. The van der Waals surface area contributed by atoms with E-state index in [4.69, 9.17) is 0 Å². The van der Waals surface area contributed by atoms with Crippen LogP contribution in [0.15, 0.2) is 48.5 Å². The standard InChI is InChI=1S/C33H48O2/c1-2-3-4-5-6-7-8-9-26-10-12-27(13-11-26)28-22-24-33(25-23-28,29-14-18-31(34)19-15-29)30-16-20-32(35)21-17-30/h14-21,26-28,34-35H,2-13,22-25H2,1H3/t26-,27-. The highest BCUT2D eigenvalue weighted by Gasteiger charge is 2.40. The highest BCUT2D eigenvalue weighted by Crippen LogP contribution is 2.50. The maximum Gasteiger partial charge on any atom is 0.115 e. The van der Waals surface area contributed by atoms with E-state index in [0.717, 1.165) is 30.6 Å². The lowest BCUT2D eigenvalue weighted by atomic mass is 9.60. The number of benzene rings is 2. The van der Waals surface area contributed by atoms with Crippen molar-refractivity contribution in [3.05, 3.63) is 59.7 Å². The number of aromatic hydroxyl groups is 2. The molecule has 0 bridgehead atoms. The molecule has 0 unspecified atom stereocenters. The van der Waals surface area contributed by atoms with Gasteiger partial charge in [0.05, 0.1) is 0 Å². The topological polar surface area (TPSA) is 40.5 Å². The van der Waals surface area contributed by atoms with Crippen LogP contribution in [0.25, 0.3) is 0 Å². The summed E-state index contributed by atoms with van der Waals surface area (Å²) in [5, 5.41) is 19.7. The molecule has 0 saturated heterocycles. The Morgan fingerprint density at radius 3 is 1.57 bits per heavy atom. The zero-order chi connectivity index (χ0) is 24.5. The molecule has 0 heterocycles. The first-order valence-electron chi connectivity index (χ1n) is 14.7. The monoisotopic (exact) mass is 476 g/mol. The first-order valence-corrected chi connectivity index (χ1v) is 14.7. The fourth-order valence-electron chi connectivity index (χ4n) is 7.25. The second kappa shape index (κ2) is 12.8. The van der Waals surface area contributed by atoms with E-state index in [1.54, 1.807) is 0 Å². The lowest BCUT2D eigenvalue weighted by Gasteiger charge is -2.44. The second-order valence-electron chi connectivity index (χ2n) is 11.7. The molecule has 2 N–H and O–H groups in total. The first-order chi connectivity index (χ1) is 17.1. The highest BCUT2D eigenvalue weighted by atomic mass is 16.3. The molecule has 0 aromatic heterocycles. The van der Waals surface area contributed by atoms with Crippen LogP contribution in [0.5, 0.6) is 11.5 Å². The van der Waals surface area contributed by atoms with Crippen molar-refractivity contribution in [2.75, 3.05) is 0 Å². The highest BCUT2D eigenvalue weighted by molar-refractivity contribution is 5.43. The molecule has 2 nitrogen and oxygen atoms in total. The van der Waals surface area contributed by atoms with Crippen molar-refractivity contribution in [2.24, 2.45) is 17.8 Å². The Bertz CT molecular complexity index is 805. The van der Waals surface area contributed by atoms with Gasteiger partial charge in [-0.3, -0.25) is 0 Å². The van der Waals surface area contributed by atoms with Crippen molar-refractivity contribution in [3.8, 4) is 11.5 Å². The van der Waals surface area contributed by atoms with Crippen LogP contribution >= 0.6 is 0 Å². The molecule has 2 saturated carbocycles. The Morgan fingerprint density at radius 1 is 0.600 bits per heavy atom. The van der Waals surface area contributed by atoms with Crippen molar-refractivity contribution in [1.29, 1.82) is 0 Å². The number of hydrogen-bond acceptors (Lipinski definition) is 2. The van der Waals surface area contributed by atoms with Crippen LogP contribution in [0.3, 0.4) is 0 Å². The number of hydrogen-bond donors (Lipinski definition) is 2. The van der Waals surface area contributed by atoms with Gasteiger partial charge in [-0.05, 0) is 91.7 Å². The first kappa shape index (κ1) is 26.1. The number of phenols is 2. The van der Waals surface area contributed by atoms with E-state index in [0.29, 0.717) is 11.5 Å². The Labute approximate surface area is 214 Å². The van der Waals surface area contributed by atoms with Crippen LogP contribution in [0.2, 0.25) is 0 Å². The average molecular weight is 477 g/mol. The Morgan fingerprint density at radius 2 is 1.06 bits per heavy atom. The second-order valence-corrected chi connectivity index (χ2v) is 11.7. The summed E-state index contributed by atoms with van der Waals surface area (Å²) in [5.41, 5.74) is 2.60. The molecule has 2 heteroatoms. The van der Waals surface area contributed by atoms with E-state index in [9.17, 15) is 10.2 Å². The molecule has 2 aliphatic rings. The molecule has 0 aliphatic heterocycles. The molecule has 0 spiro atoms. The van der Waals surface area contributed by atoms with E-state index in [-0.39, 0.29) is 5.41 Å². The molecule has 0 radical (unpaired) electrons. The number of phenolic OH excluding ortho intramolecular Hbond substituents is 2. The lowest BCUT2D eigenvalue weighted by Crippen LogP contribution is -2.35. The minimum Gasteiger partial charge on any atom is -0.508 e. The van der Waals surface area contributed by atoms with Gasteiger partial charge in [0.15, 0.2) is 0 Å².